The summed E-state index contributed by atoms with van der Waals surface area (Å²) in [5.41, 5.74) is 0.983. The zero-order chi connectivity index (χ0) is 19.1. The predicted molar refractivity (Wildman–Crippen MR) is 107 cm³/mol. The Hall–Kier alpha value is -0.540. The lowest BCUT2D eigenvalue weighted by atomic mass is 10.2. The van der Waals surface area contributed by atoms with Crippen molar-refractivity contribution in [2.24, 2.45) is 0 Å². The minimum Gasteiger partial charge on any atom is -0.331 e. The fraction of sp³-hybridized carbons (Fsp3) is 0.700. The molecule has 0 saturated heterocycles. The molecule has 5 heteroatoms. The quantitative estimate of drug-likeness (QED) is 0.481. The maximum atomic E-state index is 13.4. The summed E-state index contributed by atoms with van der Waals surface area (Å²) < 4.78 is 24.8. The van der Waals surface area contributed by atoms with Crippen LogP contribution in [0.3, 0.4) is 0 Å². The van der Waals surface area contributed by atoms with Crippen LogP contribution in [0.25, 0.3) is 0 Å². The highest BCUT2D eigenvalue weighted by Gasteiger charge is 2.34. The van der Waals surface area contributed by atoms with E-state index in [-0.39, 0.29) is 5.82 Å². The van der Waals surface area contributed by atoms with Gasteiger partial charge in [0.2, 0.25) is 0 Å². The van der Waals surface area contributed by atoms with E-state index >= 15 is 0 Å². The summed E-state index contributed by atoms with van der Waals surface area (Å²) in [5.74, 6) is -0.184. The van der Waals surface area contributed by atoms with Crippen LogP contribution < -0.4 is 0 Å². The molecule has 0 saturated carbocycles. The van der Waals surface area contributed by atoms with Crippen molar-refractivity contribution in [1.29, 1.82) is 0 Å². The van der Waals surface area contributed by atoms with Crippen LogP contribution >= 0.6 is 8.45 Å². The highest BCUT2D eigenvalue weighted by molar-refractivity contribution is 7.47. The summed E-state index contributed by atoms with van der Waals surface area (Å²) in [6.07, 6.45) is 0.727. The third-order valence-electron chi connectivity index (χ3n) is 4.00. The molecule has 0 fully saturated rings. The summed E-state index contributed by atoms with van der Waals surface area (Å²) in [6, 6.07) is 8.41. The van der Waals surface area contributed by atoms with E-state index < -0.39 is 8.45 Å². The van der Waals surface area contributed by atoms with Crippen LogP contribution in [0.1, 0.15) is 61.0 Å². The number of hydrogen-bond donors (Lipinski definition) is 0. The molecule has 3 nitrogen and oxygen atoms in total. The van der Waals surface area contributed by atoms with Gasteiger partial charge < -0.3 is 4.52 Å². The number of benzene rings is 1. The first-order valence-corrected chi connectivity index (χ1v) is 10.6. The van der Waals surface area contributed by atoms with Gasteiger partial charge in [-0.3, -0.25) is 0 Å². The molecule has 0 aromatic heterocycles. The van der Waals surface area contributed by atoms with Crippen LogP contribution in [-0.4, -0.2) is 40.1 Å². The first-order chi connectivity index (χ1) is 11.6. The molecular weight excluding hydrogens is 334 g/mol. The third-order valence-corrected chi connectivity index (χ3v) is 7.05. The molecule has 0 bridgehead atoms. The molecule has 0 aliphatic heterocycles. The van der Waals surface area contributed by atoms with Crippen molar-refractivity contribution in [3.63, 3.8) is 0 Å². The fourth-order valence-electron chi connectivity index (χ4n) is 3.17. The SMILES string of the molecule is CC(C)N(C(C)C)P(OCCc1cccc(F)c1)N(C(C)C)C(C)C. The number of nitrogens with zero attached hydrogens (tertiary/aromatic N) is 2. The lowest BCUT2D eigenvalue weighted by Crippen LogP contribution is -2.43. The summed E-state index contributed by atoms with van der Waals surface area (Å²) >= 11 is 0. The fourth-order valence-corrected chi connectivity index (χ4v) is 5.51. The molecular formula is C20H36FN2OP. The molecule has 0 aliphatic rings. The standard InChI is InChI=1S/C20H36FN2OP/c1-15(2)22(16(3)4)25(23(17(5)6)18(7)8)24-13-12-19-10-9-11-20(21)14-19/h9-11,14-18H,12-13H2,1-8H3. The van der Waals surface area contributed by atoms with Crippen LogP contribution in [0, 0.1) is 5.82 Å². The Bertz CT molecular complexity index is 472. The second-order valence-corrected chi connectivity index (χ2v) is 9.29. The number of rotatable bonds is 10. The molecule has 0 aliphatic carbocycles. The molecule has 0 radical (unpaired) electrons. The number of halogens is 1. The average molecular weight is 370 g/mol. The normalized spacial score (nSPS) is 12.8. The summed E-state index contributed by atoms with van der Waals surface area (Å²) in [4.78, 5) is 0. The van der Waals surface area contributed by atoms with Crippen molar-refractivity contribution in [3.05, 3.63) is 35.6 Å². The van der Waals surface area contributed by atoms with Crippen molar-refractivity contribution in [3.8, 4) is 0 Å². The van der Waals surface area contributed by atoms with Crippen LogP contribution in [0.5, 0.6) is 0 Å². The zero-order valence-electron chi connectivity index (χ0n) is 17.2. The first kappa shape index (κ1) is 22.5. The van der Waals surface area contributed by atoms with E-state index in [2.05, 4.69) is 64.7 Å². The molecule has 0 atom stereocenters. The smallest absolute Gasteiger partial charge is 0.188 e. The van der Waals surface area contributed by atoms with E-state index in [9.17, 15) is 4.39 Å². The molecule has 0 heterocycles. The molecule has 1 rings (SSSR count). The van der Waals surface area contributed by atoms with Gasteiger partial charge in [-0.25, -0.2) is 13.7 Å². The molecule has 1 aromatic carbocycles. The Morgan fingerprint density at radius 3 is 1.76 bits per heavy atom. The van der Waals surface area contributed by atoms with Gasteiger partial charge in [0.15, 0.2) is 8.45 Å². The van der Waals surface area contributed by atoms with Gasteiger partial charge in [0, 0.05) is 24.2 Å². The first-order valence-electron chi connectivity index (χ1n) is 9.39. The molecule has 0 amide bonds. The van der Waals surface area contributed by atoms with Gasteiger partial charge in [-0.2, -0.15) is 0 Å². The van der Waals surface area contributed by atoms with Gasteiger partial charge in [0.25, 0.3) is 0 Å². The van der Waals surface area contributed by atoms with Gasteiger partial charge in [0.1, 0.15) is 5.82 Å². The van der Waals surface area contributed by atoms with Gasteiger partial charge in [-0.15, -0.1) is 0 Å². The summed E-state index contributed by atoms with van der Waals surface area (Å²) in [5, 5.41) is 0. The van der Waals surface area contributed by atoms with Crippen molar-refractivity contribution in [1.82, 2.24) is 9.34 Å². The monoisotopic (exact) mass is 370 g/mol. The van der Waals surface area contributed by atoms with Crippen LogP contribution in [0.15, 0.2) is 24.3 Å². The lowest BCUT2D eigenvalue weighted by molar-refractivity contribution is 0.188. The maximum Gasteiger partial charge on any atom is 0.188 e. The Kier molecular flexibility index (Phi) is 9.51. The molecule has 0 N–H and O–H groups in total. The topological polar surface area (TPSA) is 15.7 Å². The van der Waals surface area contributed by atoms with E-state index in [0.717, 1.165) is 12.0 Å². The second-order valence-electron chi connectivity index (χ2n) is 7.60. The van der Waals surface area contributed by atoms with Crippen molar-refractivity contribution < 1.29 is 8.91 Å². The van der Waals surface area contributed by atoms with Crippen molar-refractivity contribution in [2.75, 3.05) is 6.61 Å². The Labute approximate surface area is 155 Å². The Morgan fingerprint density at radius 1 is 0.880 bits per heavy atom. The van der Waals surface area contributed by atoms with Gasteiger partial charge in [0.05, 0.1) is 6.61 Å². The van der Waals surface area contributed by atoms with Crippen LogP contribution in [0.4, 0.5) is 4.39 Å². The highest BCUT2D eigenvalue weighted by Crippen LogP contribution is 2.50. The summed E-state index contributed by atoms with van der Waals surface area (Å²) in [7, 11) is -0.876. The number of hydrogen-bond acceptors (Lipinski definition) is 3. The van der Waals surface area contributed by atoms with E-state index in [1.54, 1.807) is 12.1 Å². The highest BCUT2D eigenvalue weighted by atomic mass is 31.2. The second kappa shape index (κ2) is 10.6. The van der Waals surface area contributed by atoms with Gasteiger partial charge in [-0.1, -0.05) is 12.1 Å². The Morgan fingerprint density at radius 2 is 1.36 bits per heavy atom. The van der Waals surface area contributed by atoms with Gasteiger partial charge in [-0.05, 0) is 79.5 Å². The lowest BCUT2D eigenvalue weighted by Gasteiger charge is -2.45. The largest absolute Gasteiger partial charge is 0.331 e. The minimum atomic E-state index is -0.876. The molecule has 1 aromatic rings. The van der Waals surface area contributed by atoms with Crippen LogP contribution in [-0.2, 0) is 10.9 Å². The average Bonchev–Trinajstić information content (AvgIpc) is 2.45. The molecule has 25 heavy (non-hydrogen) atoms. The van der Waals surface area contributed by atoms with Gasteiger partial charge >= 0.3 is 0 Å². The molecule has 0 unspecified atom stereocenters. The third kappa shape index (κ3) is 6.94. The maximum absolute atomic E-state index is 13.4. The minimum absolute atomic E-state index is 0.184. The van der Waals surface area contributed by atoms with E-state index in [1.807, 2.05) is 6.07 Å². The van der Waals surface area contributed by atoms with E-state index in [4.69, 9.17) is 4.52 Å². The van der Waals surface area contributed by atoms with E-state index in [0.29, 0.717) is 30.8 Å². The Balaban J connectivity index is 2.93. The molecule has 0 spiro atoms. The van der Waals surface area contributed by atoms with E-state index in [1.165, 1.54) is 6.07 Å². The predicted octanol–water partition coefficient (Wildman–Crippen LogP) is 5.85. The zero-order valence-corrected chi connectivity index (χ0v) is 18.1. The summed E-state index contributed by atoms with van der Waals surface area (Å²) in [6.45, 7) is 18.4. The van der Waals surface area contributed by atoms with Crippen LogP contribution in [0.2, 0.25) is 0 Å². The van der Waals surface area contributed by atoms with Crippen molar-refractivity contribution >= 4 is 8.45 Å². The van der Waals surface area contributed by atoms with Crippen molar-refractivity contribution in [2.45, 2.75) is 86.0 Å². The molecule has 144 valence electrons.